The molecule has 0 atom stereocenters. The fraction of sp³-hybridized carbons (Fsp3) is 0.579. The summed E-state index contributed by atoms with van der Waals surface area (Å²) in [7, 11) is 3.03. The molecule has 1 heterocycles. The van der Waals surface area contributed by atoms with Crippen molar-refractivity contribution < 1.29 is 19.0 Å². The highest BCUT2D eigenvalue weighted by Crippen LogP contribution is 2.16. The zero-order valence-electron chi connectivity index (χ0n) is 16.0. The molecule has 0 saturated carbocycles. The molecule has 0 aliphatic heterocycles. The largest absolute Gasteiger partial charge is 0.491 e. The third-order valence-electron chi connectivity index (χ3n) is 3.45. The predicted molar refractivity (Wildman–Crippen MR) is 97.8 cm³/mol. The Hall–Kier alpha value is -2.08. The average molecular weight is 351 g/mol. The Bertz CT molecular complexity index is 668. The second kappa shape index (κ2) is 9.42. The molecule has 0 bridgehead atoms. The van der Waals surface area contributed by atoms with E-state index in [9.17, 15) is 9.59 Å². The summed E-state index contributed by atoms with van der Waals surface area (Å²) in [6.07, 6.45) is 6.42. The number of esters is 1. The molecule has 140 valence electrons. The maximum absolute atomic E-state index is 12.6. The van der Waals surface area contributed by atoms with E-state index in [0.29, 0.717) is 11.3 Å². The highest BCUT2D eigenvalue weighted by Gasteiger charge is 2.17. The molecule has 0 aliphatic carbocycles. The van der Waals surface area contributed by atoms with Crippen LogP contribution in [0.4, 0.5) is 0 Å². The van der Waals surface area contributed by atoms with Gasteiger partial charge in [-0.05, 0) is 33.3 Å². The normalized spacial score (nSPS) is 11.8. The van der Waals surface area contributed by atoms with Crippen LogP contribution in [0.2, 0.25) is 0 Å². The Morgan fingerprint density at radius 1 is 1.28 bits per heavy atom. The Morgan fingerprint density at radius 2 is 1.96 bits per heavy atom. The first-order valence-electron chi connectivity index (χ1n) is 8.43. The Balaban J connectivity index is 3.34. The van der Waals surface area contributed by atoms with E-state index < -0.39 is 11.6 Å². The number of hydrogen-bond donors (Lipinski definition) is 0. The van der Waals surface area contributed by atoms with E-state index in [-0.39, 0.29) is 17.8 Å². The van der Waals surface area contributed by atoms with E-state index in [4.69, 9.17) is 14.2 Å². The number of aromatic nitrogens is 1. The first-order chi connectivity index (χ1) is 11.7. The predicted octanol–water partition coefficient (Wildman–Crippen LogP) is 3.16. The van der Waals surface area contributed by atoms with Crippen molar-refractivity contribution in [3.63, 3.8) is 0 Å². The van der Waals surface area contributed by atoms with Crippen LogP contribution in [0.25, 0.3) is 6.08 Å². The van der Waals surface area contributed by atoms with Gasteiger partial charge in [-0.1, -0.05) is 13.3 Å². The second-order valence-electron chi connectivity index (χ2n) is 6.73. The number of carbonyl (C=O) groups excluding carboxylic acids is 1. The van der Waals surface area contributed by atoms with Gasteiger partial charge in [-0.3, -0.25) is 4.79 Å². The quantitative estimate of drug-likeness (QED) is 0.532. The number of ether oxygens (including phenoxy) is 3. The zero-order valence-corrected chi connectivity index (χ0v) is 16.0. The highest BCUT2D eigenvalue weighted by molar-refractivity contribution is 5.87. The number of methoxy groups -OCH3 is 2. The van der Waals surface area contributed by atoms with Crippen molar-refractivity contribution in [1.29, 1.82) is 0 Å². The van der Waals surface area contributed by atoms with Crippen LogP contribution in [0.15, 0.2) is 17.1 Å². The minimum absolute atomic E-state index is 0.236. The van der Waals surface area contributed by atoms with E-state index in [1.807, 2.05) is 4.57 Å². The fourth-order valence-corrected chi connectivity index (χ4v) is 2.33. The third-order valence-corrected chi connectivity index (χ3v) is 3.45. The van der Waals surface area contributed by atoms with Crippen LogP contribution in [0.5, 0.6) is 5.75 Å². The summed E-state index contributed by atoms with van der Waals surface area (Å²) in [6, 6.07) is 0. The maximum Gasteiger partial charge on any atom is 0.331 e. The topological polar surface area (TPSA) is 66.8 Å². The minimum Gasteiger partial charge on any atom is -0.491 e. The van der Waals surface area contributed by atoms with Crippen LogP contribution in [0, 0.1) is 0 Å². The van der Waals surface area contributed by atoms with E-state index in [0.717, 1.165) is 19.4 Å². The van der Waals surface area contributed by atoms with Gasteiger partial charge in [-0.2, -0.15) is 0 Å². The molecule has 0 saturated heterocycles. The Labute approximate surface area is 149 Å². The molecule has 6 nitrogen and oxygen atoms in total. The van der Waals surface area contributed by atoms with Crippen molar-refractivity contribution >= 4 is 12.0 Å². The molecule has 1 aromatic rings. The summed E-state index contributed by atoms with van der Waals surface area (Å²) in [5.74, 6) is -0.266. The van der Waals surface area contributed by atoms with Gasteiger partial charge < -0.3 is 18.8 Å². The lowest BCUT2D eigenvalue weighted by Crippen LogP contribution is -2.23. The van der Waals surface area contributed by atoms with Crippen LogP contribution in [0.1, 0.15) is 51.8 Å². The monoisotopic (exact) mass is 351 g/mol. The van der Waals surface area contributed by atoms with Gasteiger partial charge in [0.1, 0.15) is 5.60 Å². The second-order valence-corrected chi connectivity index (χ2v) is 6.73. The number of pyridine rings is 1. The van der Waals surface area contributed by atoms with Crippen LogP contribution in [-0.4, -0.2) is 30.4 Å². The highest BCUT2D eigenvalue weighted by atomic mass is 16.6. The SMILES string of the molecule is CCCCn1cc(OC)c(=O)c(/C=C/C(=O)OC(C)(C)C)c1COC. The van der Waals surface area contributed by atoms with Crippen molar-refractivity contribution in [2.45, 2.75) is 59.3 Å². The smallest absolute Gasteiger partial charge is 0.331 e. The van der Waals surface area contributed by atoms with Gasteiger partial charge >= 0.3 is 5.97 Å². The molecule has 0 radical (unpaired) electrons. The molecule has 0 aromatic carbocycles. The first-order valence-corrected chi connectivity index (χ1v) is 8.43. The first kappa shape index (κ1) is 21.0. The van der Waals surface area contributed by atoms with Gasteiger partial charge in [0.15, 0.2) is 5.75 Å². The number of unbranched alkanes of at least 4 members (excludes halogenated alkanes) is 1. The van der Waals surface area contributed by atoms with Crippen molar-refractivity contribution in [3.05, 3.63) is 33.8 Å². The Kier molecular flexibility index (Phi) is 7.90. The van der Waals surface area contributed by atoms with E-state index in [1.54, 1.807) is 34.1 Å². The van der Waals surface area contributed by atoms with E-state index >= 15 is 0 Å². The van der Waals surface area contributed by atoms with Crippen LogP contribution in [0.3, 0.4) is 0 Å². The molecule has 25 heavy (non-hydrogen) atoms. The maximum atomic E-state index is 12.6. The summed E-state index contributed by atoms with van der Waals surface area (Å²) in [6.45, 7) is 8.46. The Morgan fingerprint density at radius 3 is 2.48 bits per heavy atom. The summed E-state index contributed by atoms with van der Waals surface area (Å²) < 4.78 is 17.7. The molecular formula is C19H29NO5. The lowest BCUT2D eigenvalue weighted by Gasteiger charge is -2.18. The summed E-state index contributed by atoms with van der Waals surface area (Å²) >= 11 is 0. The third kappa shape index (κ3) is 6.38. The van der Waals surface area contributed by atoms with E-state index in [2.05, 4.69) is 6.92 Å². The fourth-order valence-electron chi connectivity index (χ4n) is 2.33. The molecule has 1 rings (SSSR count). The molecule has 1 aromatic heterocycles. The molecule has 0 spiro atoms. The van der Waals surface area contributed by atoms with Gasteiger partial charge in [-0.15, -0.1) is 0 Å². The summed E-state index contributed by atoms with van der Waals surface area (Å²) in [5.41, 5.74) is 0.221. The standard InChI is InChI=1S/C19H29NO5/c1-7-8-11-20-12-16(24-6)18(22)14(15(20)13-23-5)9-10-17(21)25-19(2,3)4/h9-10,12H,7-8,11,13H2,1-6H3/b10-9+. The number of aryl methyl sites for hydroxylation is 1. The molecule has 6 heteroatoms. The van der Waals surface area contributed by atoms with Crippen molar-refractivity contribution in [1.82, 2.24) is 4.57 Å². The number of rotatable bonds is 8. The number of carbonyl (C=O) groups is 1. The lowest BCUT2D eigenvalue weighted by molar-refractivity contribution is -0.148. The van der Waals surface area contributed by atoms with Crippen molar-refractivity contribution in [3.8, 4) is 5.75 Å². The molecule has 0 unspecified atom stereocenters. The molecule has 0 amide bonds. The molecule has 0 fully saturated rings. The summed E-state index contributed by atoms with van der Waals surface area (Å²) in [5, 5.41) is 0. The molecule has 0 aliphatic rings. The lowest BCUT2D eigenvalue weighted by atomic mass is 10.1. The van der Waals surface area contributed by atoms with Crippen LogP contribution in [-0.2, 0) is 27.4 Å². The number of nitrogens with zero attached hydrogens (tertiary/aromatic N) is 1. The van der Waals surface area contributed by atoms with Gasteiger partial charge in [0, 0.05) is 25.3 Å². The average Bonchev–Trinajstić information content (AvgIpc) is 2.52. The number of hydrogen-bond acceptors (Lipinski definition) is 5. The van der Waals surface area contributed by atoms with Crippen LogP contribution < -0.4 is 10.2 Å². The van der Waals surface area contributed by atoms with Crippen molar-refractivity contribution in [2.24, 2.45) is 0 Å². The van der Waals surface area contributed by atoms with Gasteiger partial charge in [-0.25, -0.2) is 4.79 Å². The zero-order chi connectivity index (χ0) is 19.0. The van der Waals surface area contributed by atoms with Gasteiger partial charge in [0.25, 0.3) is 0 Å². The molecule has 0 N–H and O–H groups in total. The van der Waals surface area contributed by atoms with Crippen LogP contribution >= 0.6 is 0 Å². The molecular weight excluding hydrogens is 322 g/mol. The van der Waals surface area contributed by atoms with Gasteiger partial charge in [0.2, 0.25) is 5.43 Å². The summed E-state index contributed by atoms with van der Waals surface area (Å²) in [4.78, 5) is 24.6. The van der Waals surface area contributed by atoms with Gasteiger partial charge in [0.05, 0.1) is 25.6 Å². The van der Waals surface area contributed by atoms with Crippen molar-refractivity contribution in [2.75, 3.05) is 14.2 Å². The van der Waals surface area contributed by atoms with E-state index in [1.165, 1.54) is 19.3 Å². The minimum atomic E-state index is -0.591.